The number of ether oxygens (including phenoxy) is 1. The highest BCUT2D eigenvalue weighted by Crippen LogP contribution is 2.33. The summed E-state index contributed by atoms with van der Waals surface area (Å²) in [6, 6.07) is 25.1. The minimum Gasteiger partial charge on any atom is -0.466 e. The lowest BCUT2D eigenvalue weighted by atomic mass is 9.90. The second-order valence-corrected chi connectivity index (χ2v) is 7.43. The Labute approximate surface area is 186 Å². The fourth-order valence-electron chi connectivity index (χ4n) is 4.04. The van der Waals surface area contributed by atoms with E-state index in [-0.39, 0.29) is 5.97 Å². The van der Waals surface area contributed by atoms with Gasteiger partial charge in [0.1, 0.15) is 0 Å². The molecule has 0 spiro atoms. The Morgan fingerprint density at radius 1 is 0.750 bits per heavy atom. The van der Waals surface area contributed by atoms with Crippen LogP contribution in [-0.4, -0.2) is 18.5 Å². The number of hydrogen-bond donors (Lipinski definition) is 1. The Hall–Kier alpha value is -3.70. The Kier molecular flexibility index (Phi) is 6.78. The molecule has 162 valence electrons. The molecule has 0 atom stereocenters. The number of benzene rings is 4. The van der Waals surface area contributed by atoms with Gasteiger partial charge in [-0.15, -0.1) is 5.48 Å². The number of carbonyl (C=O) groups excluding carboxylic acids is 2. The van der Waals surface area contributed by atoms with Crippen molar-refractivity contribution in [3.05, 3.63) is 95.6 Å². The van der Waals surface area contributed by atoms with Gasteiger partial charge >= 0.3 is 11.9 Å². The van der Waals surface area contributed by atoms with Crippen LogP contribution in [0.25, 0.3) is 21.5 Å². The summed E-state index contributed by atoms with van der Waals surface area (Å²) in [6.45, 7) is 2.56. The van der Waals surface area contributed by atoms with Gasteiger partial charge in [0.15, 0.2) is 0 Å². The molecule has 0 bridgehead atoms. The Bertz CT molecular complexity index is 1190. The maximum Gasteiger partial charge on any atom is 0.356 e. The maximum absolute atomic E-state index is 12.3. The van der Waals surface area contributed by atoms with Crippen molar-refractivity contribution >= 4 is 33.5 Å². The molecule has 0 aliphatic heterocycles. The number of rotatable bonds is 8. The van der Waals surface area contributed by atoms with Crippen molar-refractivity contribution in [1.29, 1.82) is 0 Å². The van der Waals surface area contributed by atoms with Gasteiger partial charge in [-0.25, -0.2) is 4.79 Å². The quantitative estimate of drug-likeness (QED) is 0.233. The fraction of sp³-hybridized carbons (Fsp3) is 0.185. The summed E-state index contributed by atoms with van der Waals surface area (Å²) in [5, 5.41) is 4.30. The molecule has 32 heavy (non-hydrogen) atoms. The lowest BCUT2D eigenvalue weighted by Crippen LogP contribution is -2.20. The number of aryl methyl sites for hydroxylation is 1. The highest BCUT2D eigenvalue weighted by Gasteiger charge is 2.15. The van der Waals surface area contributed by atoms with Crippen LogP contribution in [-0.2, 0) is 27.3 Å². The second kappa shape index (κ2) is 10.1. The van der Waals surface area contributed by atoms with E-state index in [0.29, 0.717) is 31.6 Å². The van der Waals surface area contributed by atoms with E-state index < -0.39 is 5.97 Å². The molecule has 0 amide bonds. The van der Waals surface area contributed by atoms with Crippen LogP contribution in [0.3, 0.4) is 0 Å². The van der Waals surface area contributed by atoms with Gasteiger partial charge in [-0.05, 0) is 58.1 Å². The molecule has 5 nitrogen and oxygen atoms in total. The summed E-state index contributed by atoms with van der Waals surface area (Å²) >= 11 is 0. The Balaban J connectivity index is 1.66. The molecule has 0 heterocycles. The van der Waals surface area contributed by atoms with E-state index in [4.69, 9.17) is 9.57 Å². The Morgan fingerprint density at radius 2 is 1.28 bits per heavy atom. The van der Waals surface area contributed by atoms with E-state index in [1.807, 2.05) is 37.3 Å². The van der Waals surface area contributed by atoms with Gasteiger partial charge in [-0.2, -0.15) is 0 Å². The van der Waals surface area contributed by atoms with Crippen LogP contribution in [0, 0.1) is 0 Å². The first-order valence-electron chi connectivity index (χ1n) is 10.7. The highest BCUT2D eigenvalue weighted by atomic mass is 16.7. The van der Waals surface area contributed by atoms with Crippen LogP contribution in [0.2, 0.25) is 0 Å². The van der Waals surface area contributed by atoms with E-state index >= 15 is 0 Å². The average Bonchev–Trinajstić information content (AvgIpc) is 2.83. The van der Waals surface area contributed by atoms with Crippen molar-refractivity contribution < 1.29 is 19.2 Å². The predicted octanol–water partition coefficient (Wildman–Crippen LogP) is 5.35. The van der Waals surface area contributed by atoms with Gasteiger partial charge in [-0.1, -0.05) is 66.7 Å². The zero-order valence-corrected chi connectivity index (χ0v) is 18.0. The number of nitrogens with one attached hydrogen (secondary N) is 1. The van der Waals surface area contributed by atoms with Crippen molar-refractivity contribution in [1.82, 2.24) is 5.48 Å². The van der Waals surface area contributed by atoms with E-state index in [9.17, 15) is 9.59 Å². The molecular weight excluding hydrogens is 402 g/mol. The second-order valence-electron chi connectivity index (χ2n) is 7.43. The molecule has 4 rings (SSSR count). The lowest BCUT2D eigenvalue weighted by molar-refractivity contribution is -0.143. The summed E-state index contributed by atoms with van der Waals surface area (Å²) in [5.74, 6) is -0.621. The van der Waals surface area contributed by atoms with E-state index in [0.717, 1.165) is 32.7 Å². The van der Waals surface area contributed by atoms with Gasteiger partial charge in [0.25, 0.3) is 0 Å². The molecular formula is C27H25NO4. The van der Waals surface area contributed by atoms with Crippen molar-refractivity contribution in [2.24, 2.45) is 0 Å². The van der Waals surface area contributed by atoms with Gasteiger partial charge in [0, 0.05) is 6.42 Å². The summed E-state index contributed by atoms with van der Waals surface area (Å²) < 4.78 is 5.13. The summed E-state index contributed by atoms with van der Waals surface area (Å²) in [4.78, 5) is 29.6. The average molecular weight is 428 g/mol. The molecule has 0 saturated heterocycles. The standard InChI is InChI=1S/C27H25NO4/c1-2-31-26(29)17-16-24-20-12-6-8-14-22(20)25(23-15-9-7-13-21(23)24)18-28-32-27(30)19-10-4-3-5-11-19/h3-15,28H,2,16-18H2,1H3. The molecule has 5 heteroatoms. The number of esters is 1. The predicted molar refractivity (Wildman–Crippen MR) is 125 cm³/mol. The maximum atomic E-state index is 12.3. The molecule has 0 aliphatic rings. The first kappa shape index (κ1) is 21.5. The van der Waals surface area contributed by atoms with Gasteiger partial charge in [0.05, 0.1) is 18.7 Å². The SMILES string of the molecule is CCOC(=O)CCc1c2ccccc2c(CNOC(=O)c2ccccc2)c2ccccc12. The van der Waals surface area contributed by atoms with Crippen LogP contribution in [0.4, 0.5) is 0 Å². The smallest absolute Gasteiger partial charge is 0.356 e. The fourth-order valence-corrected chi connectivity index (χ4v) is 4.04. The Morgan fingerprint density at radius 3 is 1.84 bits per heavy atom. The normalized spacial score (nSPS) is 10.9. The molecule has 1 N–H and O–H groups in total. The van der Waals surface area contributed by atoms with E-state index in [1.165, 1.54) is 0 Å². The minimum atomic E-state index is -0.426. The van der Waals surface area contributed by atoms with E-state index in [1.54, 1.807) is 24.3 Å². The summed E-state index contributed by atoms with van der Waals surface area (Å²) in [5.41, 5.74) is 5.50. The number of fused-ring (bicyclic) bond motifs is 2. The lowest BCUT2D eigenvalue weighted by Gasteiger charge is -2.17. The van der Waals surface area contributed by atoms with Crippen LogP contribution in [0.5, 0.6) is 0 Å². The third-order valence-corrected chi connectivity index (χ3v) is 5.46. The molecule has 0 radical (unpaired) electrons. The highest BCUT2D eigenvalue weighted by molar-refractivity contribution is 6.06. The van der Waals surface area contributed by atoms with Gasteiger partial charge in [-0.3, -0.25) is 4.79 Å². The topological polar surface area (TPSA) is 64.6 Å². The summed E-state index contributed by atoms with van der Waals surface area (Å²) in [7, 11) is 0. The molecule has 0 aliphatic carbocycles. The van der Waals surface area contributed by atoms with Gasteiger partial charge < -0.3 is 9.57 Å². The molecule has 0 saturated carbocycles. The van der Waals surface area contributed by atoms with E-state index in [2.05, 4.69) is 29.7 Å². The molecule has 4 aromatic rings. The first-order chi connectivity index (χ1) is 15.7. The van der Waals surface area contributed by atoms with Crippen LogP contribution >= 0.6 is 0 Å². The number of hydrogen-bond acceptors (Lipinski definition) is 5. The molecule has 0 aromatic heterocycles. The zero-order chi connectivity index (χ0) is 22.3. The third kappa shape index (κ3) is 4.63. The van der Waals surface area contributed by atoms with Crippen molar-refractivity contribution in [3.8, 4) is 0 Å². The van der Waals surface area contributed by atoms with Crippen molar-refractivity contribution in [3.63, 3.8) is 0 Å². The number of hydroxylamine groups is 1. The van der Waals surface area contributed by atoms with Crippen LogP contribution in [0.1, 0.15) is 34.8 Å². The summed E-state index contributed by atoms with van der Waals surface area (Å²) in [6.07, 6.45) is 0.921. The zero-order valence-electron chi connectivity index (χ0n) is 18.0. The molecule has 0 fully saturated rings. The number of carbonyl (C=O) groups is 2. The minimum absolute atomic E-state index is 0.195. The van der Waals surface area contributed by atoms with Gasteiger partial charge in [0.2, 0.25) is 0 Å². The van der Waals surface area contributed by atoms with Crippen molar-refractivity contribution in [2.75, 3.05) is 6.61 Å². The molecule has 0 unspecified atom stereocenters. The van der Waals surface area contributed by atoms with Crippen molar-refractivity contribution in [2.45, 2.75) is 26.3 Å². The largest absolute Gasteiger partial charge is 0.466 e. The first-order valence-corrected chi connectivity index (χ1v) is 10.7. The molecule has 4 aromatic carbocycles. The van der Waals surface area contributed by atoms with Crippen LogP contribution in [0.15, 0.2) is 78.9 Å². The third-order valence-electron chi connectivity index (χ3n) is 5.46. The van der Waals surface area contributed by atoms with Crippen LogP contribution < -0.4 is 5.48 Å². The monoisotopic (exact) mass is 427 g/mol.